The van der Waals surface area contributed by atoms with Crippen LogP contribution in [0.15, 0.2) is 54.6 Å². The molecule has 0 bridgehead atoms. The molecule has 1 fully saturated rings. The van der Waals surface area contributed by atoms with Crippen molar-refractivity contribution in [2.24, 2.45) is 0 Å². The second-order valence-corrected chi connectivity index (χ2v) is 11.0. The summed E-state index contributed by atoms with van der Waals surface area (Å²) in [6.07, 6.45) is 3.19. The Bertz CT molecular complexity index is 1080. The molecule has 218 valence electrons. The van der Waals surface area contributed by atoms with E-state index in [1.165, 1.54) is 13.5 Å². The first-order valence-corrected chi connectivity index (χ1v) is 13.9. The van der Waals surface area contributed by atoms with Crippen LogP contribution < -0.4 is 10.1 Å². The summed E-state index contributed by atoms with van der Waals surface area (Å²) < 4.78 is 21.8. The monoisotopic (exact) mass is 554 g/mol. The van der Waals surface area contributed by atoms with Gasteiger partial charge in [0.15, 0.2) is 0 Å². The predicted molar refractivity (Wildman–Crippen MR) is 151 cm³/mol. The smallest absolute Gasteiger partial charge is 0.408 e. The first kappa shape index (κ1) is 30.9. The Kier molecular flexibility index (Phi) is 11.8. The lowest BCUT2D eigenvalue weighted by Gasteiger charge is -2.34. The topological polar surface area (TPSA) is 103 Å². The van der Waals surface area contributed by atoms with Crippen LogP contribution in [0.1, 0.15) is 57.6 Å². The summed E-state index contributed by atoms with van der Waals surface area (Å²) in [5.41, 5.74) is 1.09. The molecule has 40 heavy (non-hydrogen) atoms. The first-order chi connectivity index (χ1) is 19.1. The van der Waals surface area contributed by atoms with Gasteiger partial charge in [-0.2, -0.15) is 0 Å². The molecule has 0 aromatic heterocycles. The molecule has 9 nitrogen and oxygen atoms in total. The number of carbonyl (C=O) groups is 3. The maximum atomic E-state index is 12.7. The largest absolute Gasteiger partial charge is 0.492 e. The normalized spacial score (nSPS) is 15.4. The van der Waals surface area contributed by atoms with Gasteiger partial charge in [0.1, 0.15) is 30.6 Å². The molecule has 0 radical (unpaired) electrons. The summed E-state index contributed by atoms with van der Waals surface area (Å²) in [5.74, 6) is -0.155. The van der Waals surface area contributed by atoms with E-state index in [2.05, 4.69) is 10.2 Å². The minimum absolute atomic E-state index is 0.0926. The van der Waals surface area contributed by atoms with E-state index in [1.807, 2.05) is 54.6 Å². The average molecular weight is 555 g/mol. The van der Waals surface area contributed by atoms with Gasteiger partial charge in [-0.1, -0.05) is 48.9 Å². The molecule has 2 atom stereocenters. The molecule has 0 aliphatic carbocycles. The van der Waals surface area contributed by atoms with Gasteiger partial charge in [0.05, 0.1) is 19.6 Å². The summed E-state index contributed by atoms with van der Waals surface area (Å²) in [7, 11) is 1.28. The van der Waals surface area contributed by atoms with Crippen LogP contribution in [0.2, 0.25) is 0 Å². The lowest BCUT2D eigenvalue weighted by Crippen LogP contribution is -2.45. The van der Waals surface area contributed by atoms with Crippen molar-refractivity contribution in [3.8, 4) is 5.75 Å². The molecule has 1 saturated heterocycles. The second-order valence-electron chi connectivity index (χ2n) is 11.0. The number of likely N-dealkylation sites (tertiary alicyclic amines) is 1. The number of hydrogen-bond donors (Lipinski definition) is 1. The number of esters is 2. The fourth-order valence-corrected chi connectivity index (χ4v) is 4.50. The molecule has 0 saturated carbocycles. The van der Waals surface area contributed by atoms with Gasteiger partial charge in [-0.05, 0) is 70.0 Å². The van der Waals surface area contributed by atoms with E-state index in [0.717, 1.165) is 37.1 Å². The number of alkyl carbamates (subject to hydrolysis) is 1. The molecular weight excluding hydrogens is 512 g/mol. The van der Waals surface area contributed by atoms with Crippen molar-refractivity contribution >= 4 is 18.0 Å². The average Bonchev–Trinajstić information content (AvgIpc) is 2.94. The summed E-state index contributed by atoms with van der Waals surface area (Å²) in [4.78, 5) is 39.5. The Hall–Kier alpha value is -3.59. The van der Waals surface area contributed by atoms with Gasteiger partial charge < -0.3 is 24.3 Å². The van der Waals surface area contributed by atoms with Crippen LogP contribution in [0.3, 0.4) is 0 Å². The molecular formula is C31H42N2O7. The number of benzene rings is 2. The van der Waals surface area contributed by atoms with E-state index < -0.39 is 23.7 Å². The van der Waals surface area contributed by atoms with Gasteiger partial charge in [-0.15, -0.1) is 0 Å². The molecule has 1 aliphatic heterocycles. The number of piperidine rings is 1. The summed E-state index contributed by atoms with van der Waals surface area (Å²) >= 11 is 0. The number of nitrogens with one attached hydrogen (secondary N) is 1. The highest BCUT2D eigenvalue weighted by molar-refractivity contribution is 5.81. The van der Waals surface area contributed by atoms with Gasteiger partial charge in [0.2, 0.25) is 0 Å². The highest BCUT2D eigenvalue weighted by Gasteiger charge is 2.26. The molecule has 1 aliphatic rings. The van der Waals surface area contributed by atoms with Crippen molar-refractivity contribution in [1.82, 2.24) is 10.2 Å². The lowest BCUT2D eigenvalue weighted by atomic mass is 10.1. The molecule has 1 unspecified atom stereocenters. The zero-order chi connectivity index (χ0) is 29.0. The van der Waals surface area contributed by atoms with Gasteiger partial charge >= 0.3 is 18.0 Å². The van der Waals surface area contributed by atoms with E-state index in [9.17, 15) is 14.4 Å². The third-order valence-corrected chi connectivity index (χ3v) is 6.53. The van der Waals surface area contributed by atoms with Crippen molar-refractivity contribution in [2.45, 2.75) is 77.2 Å². The number of hydrogen-bond acceptors (Lipinski definition) is 8. The number of methoxy groups -OCH3 is 1. The van der Waals surface area contributed by atoms with Gasteiger partial charge in [-0.3, -0.25) is 9.69 Å². The Morgan fingerprint density at radius 1 is 0.925 bits per heavy atom. The minimum Gasteiger partial charge on any atom is -0.492 e. The van der Waals surface area contributed by atoms with E-state index in [0.29, 0.717) is 12.4 Å². The molecule has 2 aromatic carbocycles. The Morgan fingerprint density at radius 3 is 2.23 bits per heavy atom. The number of rotatable bonds is 12. The minimum atomic E-state index is -0.892. The van der Waals surface area contributed by atoms with Gasteiger partial charge in [0.25, 0.3) is 0 Å². The molecule has 3 rings (SSSR count). The number of nitrogens with zero attached hydrogens (tertiary/aromatic N) is 1. The van der Waals surface area contributed by atoms with Crippen molar-refractivity contribution in [2.75, 3.05) is 26.8 Å². The summed E-state index contributed by atoms with van der Waals surface area (Å²) in [6.45, 7) is 7.72. The van der Waals surface area contributed by atoms with Crippen LogP contribution in [0.4, 0.5) is 4.79 Å². The summed E-state index contributed by atoms with van der Waals surface area (Å²) in [6, 6.07) is 16.0. The van der Waals surface area contributed by atoms with E-state index >= 15 is 0 Å². The third kappa shape index (κ3) is 10.9. The van der Waals surface area contributed by atoms with Gasteiger partial charge in [-0.25, -0.2) is 9.59 Å². The second kappa shape index (κ2) is 15.3. The van der Waals surface area contributed by atoms with E-state index in [-0.39, 0.29) is 31.5 Å². The van der Waals surface area contributed by atoms with Crippen LogP contribution in [0.5, 0.6) is 5.75 Å². The number of amides is 1. The molecule has 1 heterocycles. The maximum absolute atomic E-state index is 12.7. The van der Waals surface area contributed by atoms with Crippen molar-refractivity contribution < 1.29 is 33.3 Å². The number of ether oxygens (including phenoxy) is 4. The summed E-state index contributed by atoms with van der Waals surface area (Å²) in [5, 5.41) is 2.59. The molecule has 1 N–H and O–H groups in total. The molecule has 2 aromatic rings. The Balaban J connectivity index is 1.57. The lowest BCUT2D eigenvalue weighted by molar-refractivity contribution is -0.147. The Morgan fingerprint density at radius 2 is 1.60 bits per heavy atom. The van der Waals surface area contributed by atoms with Gasteiger partial charge in [0, 0.05) is 6.42 Å². The van der Waals surface area contributed by atoms with Crippen LogP contribution in [0, 0.1) is 0 Å². The van der Waals surface area contributed by atoms with Crippen molar-refractivity contribution in [3.63, 3.8) is 0 Å². The molecule has 1 amide bonds. The standard InChI is InChI=1S/C31H42N2O7/c1-31(2,3)40-30(36)32-27(29(35)37-4)19-23-13-15-26(16-14-23)38-22-25(33-17-9-6-10-18-33)20-28(34)39-21-24-11-7-5-8-12-24/h5,7-8,11-16,25,27H,6,9-10,17-22H2,1-4H3,(H,32,36)/t25?,27-/m0/s1. The highest BCUT2D eigenvalue weighted by atomic mass is 16.6. The molecule has 9 heteroatoms. The molecule has 0 spiro atoms. The van der Waals surface area contributed by atoms with E-state index in [1.54, 1.807) is 20.8 Å². The zero-order valence-electron chi connectivity index (χ0n) is 24.0. The maximum Gasteiger partial charge on any atom is 0.408 e. The van der Waals surface area contributed by atoms with Crippen molar-refractivity contribution in [3.05, 3.63) is 65.7 Å². The van der Waals surface area contributed by atoms with Crippen LogP contribution in [-0.4, -0.2) is 67.4 Å². The fraction of sp³-hybridized carbons (Fsp3) is 0.516. The van der Waals surface area contributed by atoms with Crippen LogP contribution in [0.25, 0.3) is 0 Å². The quantitative estimate of drug-likeness (QED) is 0.299. The zero-order valence-corrected chi connectivity index (χ0v) is 24.0. The highest BCUT2D eigenvalue weighted by Crippen LogP contribution is 2.19. The van der Waals surface area contributed by atoms with Crippen LogP contribution >= 0.6 is 0 Å². The fourth-order valence-electron chi connectivity index (χ4n) is 4.50. The third-order valence-electron chi connectivity index (χ3n) is 6.53. The van der Waals surface area contributed by atoms with Crippen LogP contribution in [-0.2, 0) is 36.8 Å². The number of carbonyl (C=O) groups excluding carboxylic acids is 3. The van der Waals surface area contributed by atoms with Crippen molar-refractivity contribution in [1.29, 1.82) is 0 Å². The first-order valence-electron chi connectivity index (χ1n) is 13.9. The Labute approximate surface area is 237 Å². The van der Waals surface area contributed by atoms with E-state index in [4.69, 9.17) is 18.9 Å². The predicted octanol–water partition coefficient (Wildman–Crippen LogP) is 4.66. The SMILES string of the molecule is COC(=O)[C@H](Cc1ccc(OCC(CC(=O)OCc2ccccc2)N2CCCCC2)cc1)NC(=O)OC(C)(C)C.